The van der Waals surface area contributed by atoms with Gasteiger partial charge in [0, 0.05) is 16.3 Å². The number of aldehydes is 1. The first-order valence-corrected chi connectivity index (χ1v) is 11.0. The molecule has 1 aromatic heterocycles. The van der Waals surface area contributed by atoms with Crippen LogP contribution in [0.5, 0.6) is 0 Å². The molecule has 28 heavy (non-hydrogen) atoms. The molecule has 1 heterocycles. The fraction of sp³-hybridized carbons (Fsp3) is 0.0952. The third kappa shape index (κ3) is 4.36. The van der Waals surface area contributed by atoms with Gasteiger partial charge in [0.1, 0.15) is 0 Å². The van der Waals surface area contributed by atoms with E-state index < -0.39 is 10.0 Å². The normalized spacial score (nSPS) is 11.2. The van der Waals surface area contributed by atoms with Crippen LogP contribution in [0, 0.1) is 3.57 Å². The first-order chi connectivity index (χ1) is 13.4. The average molecular weight is 506 g/mol. The van der Waals surface area contributed by atoms with Crippen molar-refractivity contribution in [1.82, 2.24) is 4.57 Å². The van der Waals surface area contributed by atoms with Crippen molar-refractivity contribution in [3.8, 4) is 0 Å². The highest BCUT2D eigenvalue weighted by molar-refractivity contribution is 14.1. The number of aromatic nitrogens is 1. The van der Waals surface area contributed by atoms with Crippen LogP contribution in [0.3, 0.4) is 0 Å². The molecule has 0 saturated heterocycles. The second-order valence-electron chi connectivity index (χ2n) is 6.20. The standard InChI is InChI=1S/C21H19IN2O3S/c1-17(14-23-13-7-8-18(23)16-25)15-24(21-12-6-5-11-20(21)22)28(26,27)19-9-3-2-4-10-19/h2-13,16H,1,14-15H2. The van der Waals surface area contributed by atoms with Gasteiger partial charge in [-0.3, -0.25) is 9.10 Å². The van der Waals surface area contributed by atoms with Crippen LogP contribution < -0.4 is 4.31 Å². The van der Waals surface area contributed by atoms with E-state index in [4.69, 9.17) is 0 Å². The maximum absolute atomic E-state index is 13.4. The third-order valence-corrected chi connectivity index (χ3v) is 6.89. The zero-order chi connectivity index (χ0) is 20.1. The number of halogens is 1. The van der Waals surface area contributed by atoms with E-state index >= 15 is 0 Å². The molecule has 0 bridgehead atoms. The number of hydrogen-bond acceptors (Lipinski definition) is 3. The molecule has 0 aliphatic rings. The molecule has 0 saturated carbocycles. The van der Waals surface area contributed by atoms with Crippen LogP contribution in [0.15, 0.2) is 90.0 Å². The Morgan fingerprint density at radius 1 is 1.04 bits per heavy atom. The predicted molar refractivity (Wildman–Crippen MR) is 119 cm³/mol. The molecule has 0 amide bonds. The lowest BCUT2D eigenvalue weighted by molar-refractivity contribution is 0.111. The van der Waals surface area contributed by atoms with Crippen molar-refractivity contribution in [3.63, 3.8) is 0 Å². The minimum absolute atomic E-state index is 0.105. The Hall–Kier alpha value is -2.39. The molecular formula is C21H19IN2O3S. The largest absolute Gasteiger partial charge is 0.341 e. The van der Waals surface area contributed by atoms with Crippen LogP contribution in [-0.2, 0) is 16.6 Å². The molecule has 0 spiro atoms. The molecule has 0 unspecified atom stereocenters. The topological polar surface area (TPSA) is 59.4 Å². The van der Waals surface area contributed by atoms with Gasteiger partial charge in [0.05, 0.1) is 22.8 Å². The van der Waals surface area contributed by atoms with Crippen LogP contribution in [0.2, 0.25) is 0 Å². The number of hydrogen-bond donors (Lipinski definition) is 0. The molecule has 2 aromatic carbocycles. The van der Waals surface area contributed by atoms with E-state index in [2.05, 4.69) is 29.2 Å². The average Bonchev–Trinajstić information content (AvgIpc) is 3.14. The van der Waals surface area contributed by atoms with Crippen molar-refractivity contribution in [2.45, 2.75) is 11.4 Å². The quantitative estimate of drug-likeness (QED) is 0.259. The Kier molecular flexibility index (Phi) is 6.35. The van der Waals surface area contributed by atoms with Crippen molar-refractivity contribution in [2.75, 3.05) is 10.8 Å². The van der Waals surface area contributed by atoms with E-state index in [9.17, 15) is 13.2 Å². The second kappa shape index (κ2) is 8.74. The fourth-order valence-corrected chi connectivity index (χ4v) is 5.21. The van der Waals surface area contributed by atoms with Gasteiger partial charge < -0.3 is 4.57 Å². The molecule has 7 heteroatoms. The minimum atomic E-state index is -3.78. The lowest BCUT2D eigenvalue weighted by atomic mass is 10.2. The van der Waals surface area contributed by atoms with Gasteiger partial charge in [-0.15, -0.1) is 0 Å². The van der Waals surface area contributed by atoms with E-state index in [0.29, 0.717) is 23.5 Å². The summed E-state index contributed by atoms with van der Waals surface area (Å²) < 4.78 is 30.7. The second-order valence-corrected chi connectivity index (χ2v) is 9.23. The molecule has 3 rings (SSSR count). The summed E-state index contributed by atoms with van der Waals surface area (Å²) in [5, 5.41) is 0. The van der Waals surface area contributed by atoms with E-state index in [0.717, 1.165) is 9.86 Å². The van der Waals surface area contributed by atoms with E-state index in [-0.39, 0.29) is 11.4 Å². The summed E-state index contributed by atoms with van der Waals surface area (Å²) >= 11 is 2.13. The Bertz CT molecular complexity index is 1090. The molecule has 5 nitrogen and oxygen atoms in total. The van der Waals surface area contributed by atoms with Crippen molar-refractivity contribution in [2.24, 2.45) is 0 Å². The van der Waals surface area contributed by atoms with Crippen molar-refractivity contribution < 1.29 is 13.2 Å². The number of sulfonamides is 1. The van der Waals surface area contributed by atoms with Crippen molar-refractivity contribution in [3.05, 3.63) is 94.3 Å². The van der Waals surface area contributed by atoms with Gasteiger partial charge >= 0.3 is 0 Å². The van der Waals surface area contributed by atoms with Crippen LogP contribution in [-0.4, -0.2) is 25.8 Å². The summed E-state index contributed by atoms with van der Waals surface area (Å²) in [5.41, 5.74) is 1.78. The molecule has 0 aliphatic heterocycles. The number of anilines is 1. The molecule has 0 aliphatic carbocycles. The highest BCUT2D eigenvalue weighted by Crippen LogP contribution is 2.29. The van der Waals surface area contributed by atoms with E-state index in [1.807, 2.05) is 18.2 Å². The van der Waals surface area contributed by atoms with Gasteiger partial charge in [-0.2, -0.15) is 0 Å². The number of nitrogens with zero attached hydrogens (tertiary/aromatic N) is 2. The maximum atomic E-state index is 13.4. The van der Waals surface area contributed by atoms with Crippen molar-refractivity contribution in [1.29, 1.82) is 0 Å². The number of carbonyl (C=O) groups is 1. The summed E-state index contributed by atoms with van der Waals surface area (Å²) in [6.07, 6.45) is 2.54. The molecule has 0 atom stereocenters. The Morgan fingerprint density at radius 3 is 2.39 bits per heavy atom. The molecular weight excluding hydrogens is 487 g/mol. The minimum Gasteiger partial charge on any atom is -0.341 e. The molecule has 0 N–H and O–H groups in total. The van der Waals surface area contributed by atoms with Crippen LogP contribution >= 0.6 is 22.6 Å². The van der Waals surface area contributed by atoms with Gasteiger partial charge in [-0.1, -0.05) is 36.9 Å². The third-order valence-electron chi connectivity index (χ3n) is 4.20. The SMILES string of the molecule is C=C(CN(c1ccccc1I)S(=O)(=O)c1ccccc1)Cn1cccc1C=O. The van der Waals surface area contributed by atoms with Gasteiger partial charge in [-0.25, -0.2) is 8.42 Å². The molecule has 0 fully saturated rings. The molecule has 3 aromatic rings. The summed E-state index contributed by atoms with van der Waals surface area (Å²) in [4.78, 5) is 11.4. The summed E-state index contributed by atoms with van der Waals surface area (Å²) in [6.45, 7) is 4.52. The lowest BCUT2D eigenvalue weighted by Crippen LogP contribution is -2.34. The Morgan fingerprint density at radius 2 is 1.71 bits per heavy atom. The fourth-order valence-electron chi connectivity index (χ4n) is 2.85. The van der Waals surface area contributed by atoms with Crippen LogP contribution in [0.4, 0.5) is 5.69 Å². The Labute approximate surface area is 178 Å². The molecule has 0 radical (unpaired) electrons. The highest BCUT2D eigenvalue weighted by atomic mass is 127. The summed E-state index contributed by atoms with van der Waals surface area (Å²) in [7, 11) is -3.78. The van der Waals surface area contributed by atoms with Gasteiger partial charge in [0.2, 0.25) is 0 Å². The first kappa shape index (κ1) is 20.3. The van der Waals surface area contributed by atoms with Crippen LogP contribution in [0.1, 0.15) is 10.5 Å². The Balaban J connectivity index is 1.97. The predicted octanol–water partition coefficient (Wildman–Crippen LogP) is 4.36. The lowest BCUT2D eigenvalue weighted by Gasteiger charge is -2.26. The van der Waals surface area contributed by atoms with Gasteiger partial charge in [0.15, 0.2) is 6.29 Å². The maximum Gasteiger partial charge on any atom is 0.264 e. The smallest absolute Gasteiger partial charge is 0.264 e. The number of para-hydroxylation sites is 1. The van der Waals surface area contributed by atoms with Crippen molar-refractivity contribution >= 4 is 44.6 Å². The van der Waals surface area contributed by atoms with Gasteiger partial charge in [0.25, 0.3) is 10.0 Å². The van der Waals surface area contributed by atoms with E-state index in [1.165, 1.54) is 4.31 Å². The zero-order valence-electron chi connectivity index (χ0n) is 15.0. The molecule has 144 valence electrons. The van der Waals surface area contributed by atoms with Crippen LogP contribution in [0.25, 0.3) is 0 Å². The number of rotatable bonds is 8. The number of benzene rings is 2. The number of carbonyl (C=O) groups excluding carboxylic acids is 1. The first-order valence-electron chi connectivity index (χ1n) is 8.53. The highest BCUT2D eigenvalue weighted by Gasteiger charge is 2.26. The summed E-state index contributed by atoms with van der Waals surface area (Å²) in [6, 6.07) is 19.1. The summed E-state index contributed by atoms with van der Waals surface area (Å²) in [5.74, 6) is 0. The van der Waals surface area contributed by atoms with E-state index in [1.54, 1.807) is 59.3 Å². The van der Waals surface area contributed by atoms with Gasteiger partial charge in [-0.05, 0) is 64.6 Å². The monoisotopic (exact) mass is 506 g/mol. The zero-order valence-corrected chi connectivity index (χ0v) is 18.0.